The monoisotopic (exact) mass is 460 g/mol. The lowest BCUT2D eigenvalue weighted by Gasteiger charge is -2.34. The van der Waals surface area contributed by atoms with Gasteiger partial charge in [0.25, 0.3) is 5.91 Å². The highest BCUT2D eigenvalue weighted by Crippen LogP contribution is 2.14. The Labute approximate surface area is 197 Å². The largest absolute Gasteiger partial charge is 0.335 e. The summed E-state index contributed by atoms with van der Waals surface area (Å²) in [5, 5.41) is 21.5. The minimum absolute atomic E-state index is 0.0510. The molecule has 0 saturated carbocycles. The van der Waals surface area contributed by atoms with Gasteiger partial charge in [-0.05, 0) is 25.1 Å². The van der Waals surface area contributed by atoms with Gasteiger partial charge in [0.2, 0.25) is 5.82 Å². The van der Waals surface area contributed by atoms with E-state index in [2.05, 4.69) is 44.4 Å². The van der Waals surface area contributed by atoms with Gasteiger partial charge in [-0.3, -0.25) is 14.4 Å². The predicted molar refractivity (Wildman–Crippen MR) is 125 cm³/mol. The van der Waals surface area contributed by atoms with Crippen LogP contribution in [0, 0.1) is 6.92 Å². The van der Waals surface area contributed by atoms with Gasteiger partial charge in [0.1, 0.15) is 5.69 Å². The first kappa shape index (κ1) is 22.0. The Hall–Kier alpha value is -3.86. The molecule has 0 spiro atoms. The van der Waals surface area contributed by atoms with Crippen LogP contribution in [-0.4, -0.2) is 81.7 Å². The van der Waals surface area contributed by atoms with Crippen molar-refractivity contribution in [2.75, 3.05) is 26.2 Å². The van der Waals surface area contributed by atoms with E-state index in [0.29, 0.717) is 24.6 Å². The lowest BCUT2D eigenvalue weighted by molar-refractivity contribution is 0.0621. The van der Waals surface area contributed by atoms with Crippen molar-refractivity contribution in [2.24, 2.45) is 0 Å². The molecule has 3 aromatic heterocycles. The van der Waals surface area contributed by atoms with Crippen LogP contribution in [0.15, 0.2) is 48.8 Å². The van der Waals surface area contributed by atoms with Crippen LogP contribution < -0.4 is 0 Å². The summed E-state index contributed by atoms with van der Waals surface area (Å²) in [5.74, 6) is 0.504. The molecular weight excluding hydrogens is 432 g/mol. The topological polar surface area (TPSA) is 103 Å². The van der Waals surface area contributed by atoms with E-state index in [9.17, 15) is 4.79 Å². The summed E-state index contributed by atoms with van der Waals surface area (Å²) in [6.45, 7) is 9.24. The van der Waals surface area contributed by atoms with Crippen LogP contribution in [0.3, 0.4) is 0 Å². The zero-order chi connectivity index (χ0) is 23.5. The second-order valence-corrected chi connectivity index (χ2v) is 8.37. The highest BCUT2D eigenvalue weighted by molar-refractivity contribution is 5.92. The average molecular weight is 461 g/mol. The van der Waals surface area contributed by atoms with Crippen molar-refractivity contribution >= 4 is 5.91 Å². The Morgan fingerprint density at radius 3 is 2.56 bits per heavy atom. The Morgan fingerprint density at radius 2 is 1.82 bits per heavy atom. The summed E-state index contributed by atoms with van der Waals surface area (Å²) in [5.41, 5.74) is 3.79. The van der Waals surface area contributed by atoms with Crippen LogP contribution in [0.2, 0.25) is 0 Å². The van der Waals surface area contributed by atoms with Gasteiger partial charge in [0.05, 0.1) is 6.20 Å². The number of hydrogen-bond donors (Lipinski definition) is 0. The molecule has 1 aliphatic heterocycles. The normalized spacial score (nSPS) is 14.6. The number of carbonyl (C=O) groups is 1. The fraction of sp³-hybridized carbons (Fsp3) is 0.391. The molecule has 34 heavy (non-hydrogen) atoms. The van der Waals surface area contributed by atoms with Gasteiger partial charge in [0.15, 0.2) is 6.67 Å². The molecule has 1 aromatic carbocycles. The minimum Gasteiger partial charge on any atom is -0.335 e. The van der Waals surface area contributed by atoms with Crippen LogP contribution in [0.25, 0.3) is 11.4 Å². The third-order valence-electron chi connectivity index (χ3n) is 6.17. The van der Waals surface area contributed by atoms with E-state index in [1.807, 2.05) is 46.1 Å². The van der Waals surface area contributed by atoms with E-state index in [1.165, 1.54) is 16.1 Å². The van der Waals surface area contributed by atoms with Gasteiger partial charge < -0.3 is 4.90 Å². The number of benzene rings is 1. The van der Waals surface area contributed by atoms with E-state index in [-0.39, 0.29) is 12.6 Å². The Morgan fingerprint density at radius 1 is 1.03 bits per heavy atom. The number of aromatic nitrogens is 8. The van der Waals surface area contributed by atoms with Gasteiger partial charge in [-0.2, -0.15) is 10.2 Å². The van der Waals surface area contributed by atoms with E-state index >= 15 is 0 Å². The molecule has 0 radical (unpaired) electrons. The maximum atomic E-state index is 13.0. The molecule has 0 bridgehead atoms. The molecule has 1 amide bonds. The van der Waals surface area contributed by atoms with Crippen molar-refractivity contribution in [3.63, 3.8) is 0 Å². The zero-order valence-electron chi connectivity index (χ0n) is 19.4. The number of piperazine rings is 1. The van der Waals surface area contributed by atoms with Crippen LogP contribution >= 0.6 is 0 Å². The first-order valence-corrected chi connectivity index (χ1v) is 11.5. The summed E-state index contributed by atoms with van der Waals surface area (Å²) in [6, 6.07) is 11.4. The fourth-order valence-electron chi connectivity index (χ4n) is 4.16. The molecule has 11 nitrogen and oxygen atoms in total. The van der Waals surface area contributed by atoms with Crippen molar-refractivity contribution in [1.82, 2.24) is 49.6 Å². The number of tetrazole rings is 1. The SMILES string of the molecule is CCn1ncc(CN2CCN(C(=O)c3ccn(Cn4nnc(-c5ccccc5)n4)n3)CC2)c1C. The maximum Gasteiger partial charge on any atom is 0.274 e. The van der Waals surface area contributed by atoms with Gasteiger partial charge in [-0.25, -0.2) is 4.68 Å². The third kappa shape index (κ3) is 4.60. The van der Waals surface area contributed by atoms with Gasteiger partial charge >= 0.3 is 0 Å². The Balaban J connectivity index is 1.15. The van der Waals surface area contributed by atoms with Crippen molar-refractivity contribution < 1.29 is 4.79 Å². The van der Waals surface area contributed by atoms with E-state index < -0.39 is 0 Å². The second kappa shape index (κ2) is 9.56. The number of hydrogen-bond acceptors (Lipinski definition) is 7. The quantitative estimate of drug-likeness (QED) is 0.412. The molecule has 4 aromatic rings. The van der Waals surface area contributed by atoms with Crippen molar-refractivity contribution in [1.29, 1.82) is 0 Å². The summed E-state index contributed by atoms with van der Waals surface area (Å²) in [6.07, 6.45) is 3.72. The molecular formula is C23H28N10O. The molecule has 11 heteroatoms. The summed E-state index contributed by atoms with van der Waals surface area (Å²) < 4.78 is 3.66. The lowest BCUT2D eigenvalue weighted by Crippen LogP contribution is -2.48. The van der Waals surface area contributed by atoms with E-state index in [1.54, 1.807) is 16.9 Å². The molecule has 0 N–H and O–H groups in total. The molecule has 0 unspecified atom stereocenters. The number of carbonyl (C=O) groups excluding carboxylic acids is 1. The molecule has 0 aliphatic carbocycles. The maximum absolute atomic E-state index is 13.0. The Bertz CT molecular complexity index is 1250. The molecule has 1 saturated heterocycles. The first-order valence-electron chi connectivity index (χ1n) is 11.5. The fourth-order valence-corrected chi connectivity index (χ4v) is 4.16. The number of nitrogens with zero attached hydrogens (tertiary/aromatic N) is 10. The molecule has 5 rings (SSSR count). The molecule has 176 valence electrons. The number of aryl methyl sites for hydroxylation is 1. The molecule has 1 fully saturated rings. The van der Waals surface area contributed by atoms with E-state index in [0.717, 1.165) is 31.7 Å². The average Bonchev–Trinajstić information content (AvgIpc) is 3.61. The third-order valence-corrected chi connectivity index (χ3v) is 6.17. The van der Waals surface area contributed by atoms with Crippen molar-refractivity contribution in [3.8, 4) is 11.4 Å². The van der Waals surface area contributed by atoms with Crippen LogP contribution in [0.1, 0.15) is 28.7 Å². The lowest BCUT2D eigenvalue weighted by atomic mass is 10.2. The highest BCUT2D eigenvalue weighted by Gasteiger charge is 2.24. The molecule has 0 atom stereocenters. The molecule has 4 heterocycles. The minimum atomic E-state index is -0.0510. The smallest absolute Gasteiger partial charge is 0.274 e. The number of rotatable bonds is 7. The summed E-state index contributed by atoms with van der Waals surface area (Å²) in [7, 11) is 0. The van der Waals surface area contributed by atoms with Crippen LogP contribution in [0.4, 0.5) is 0 Å². The van der Waals surface area contributed by atoms with E-state index in [4.69, 9.17) is 0 Å². The van der Waals surface area contributed by atoms with Crippen molar-refractivity contribution in [2.45, 2.75) is 33.6 Å². The summed E-state index contributed by atoms with van der Waals surface area (Å²) in [4.78, 5) is 18.7. The van der Waals surface area contributed by atoms with Crippen LogP contribution in [-0.2, 0) is 19.8 Å². The molecule has 1 aliphatic rings. The highest BCUT2D eigenvalue weighted by atomic mass is 16.2. The predicted octanol–water partition coefficient (Wildman–Crippen LogP) is 1.53. The second-order valence-electron chi connectivity index (χ2n) is 8.37. The van der Waals surface area contributed by atoms with Gasteiger partial charge in [-0.15, -0.1) is 15.0 Å². The first-order chi connectivity index (χ1) is 16.6. The zero-order valence-corrected chi connectivity index (χ0v) is 19.4. The van der Waals surface area contributed by atoms with Crippen LogP contribution in [0.5, 0.6) is 0 Å². The van der Waals surface area contributed by atoms with Gasteiger partial charge in [0, 0.05) is 62.3 Å². The van der Waals surface area contributed by atoms with Gasteiger partial charge in [-0.1, -0.05) is 30.3 Å². The standard InChI is InChI=1S/C23H28N10O/c1-3-32-18(2)20(15-24-32)16-29-11-13-30(14-12-29)23(34)21-9-10-31(26-21)17-33-27-22(25-28-33)19-7-5-4-6-8-19/h4-10,15H,3,11-14,16-17H2,1-2H3. The van der Waals surface area contributed by atoms with Crippen molar-refractivity contribution in [3.05, 3.63) is 65.7 Å². The Kier molecular flexibility index (Phi) is 6.17. The summed E-state index contributed by atoms with van der Waals surface area (Å²) >= 11 is 0. The number of amides is 1.